The Morgan fingerprint density at radius 3 is 2.89 bits per heavy atom. The number of hydrogen-bond donors (Lipinski definition) is 2. The number of hydrogen-bond acceptors (Lipinski definition) is 6. The maximum absolute atomic E-state index is 12.4. The fourth-order valence-electron chi connectivity index (χ4n) is 3.36. The zero-order chi connectivity index (χ0) is 19.2. The van der Waals surface area contributed by atoms with Crippen LogP contribution in [-0.2, 0) is 10.0 Å². The average molecular weight is 400 g/mol. The monoisotopic (exact) mass is 400 g/mol. The van der Waals surface area contributed by atoms with Gasteiger partial charge in [0.15, 0.2) is 11.4 Å². The van der Waals surface area contributed by atoms with E-state index in [4.69, 9.17) is 0 Å². The molecule has 4 rings (SSSR count). The van der Waals surface area contributed by atoms with Crippen molar-refractivity contribution < 1.29 is 21.6 Å². The van der Waals surface area contributed by atoms with Crippen molar-refractivity contribution in [2.24, 2.45) is 0 Å². The third-order valence-corrected chi connectivity index (χ3v) is 5.78. The Morgan fingerprint density at radius 2 is 2.11 bits per heavy atom. The minimum Gasteiger partial charge on any atom is -0.355 e. The van der Waals surface area contributed by atoms with E-state index in [0.29, 0.717) is 24.4 Å². The quantitative estimate of drug-likeness (QED) is 0.689. The first-order chi connectivity index (χ1) is 12.7. The zero-order valence-electron chi connectivity index (χ0n) is 13.9. The largest absolute Gasteiger partial charge is 0.404 e. The first-order valence-corrected chi connectivity index (χ1v) is 9.75. The van der Waals surface area contributed by atoms with Gasteiger partial charge in [-0.3, -0.25) is 5.10 Å². The summed E-state index contributed by atoms with van der Waals surface area (Å²) < 4.78 is 62.8. The molecule has 1 fully saturated rings. The van der Waals surface area contributed by atoms with Gasteiger partial charge in [0.2, 0.25) is 10.0 Å². The van der Waals surface area contributed by atoms with Crippen LogP contribution in [0, 0.1) is 0 Å². The molecule has 0 bridgehead atoms. The molecular weight excluding hydrogens is 385 g/mol. The normalized spacial score (nSPS) is 18.6. The number of pyridine rings is 1. The molecular formula is C15H15F3N6O2S. The highest BCUT2D eigenvalue weighted by molar-refractivity contribution is 7.89. The first kappa shape index (κ1) is 17.9. The highest BCUT2D eigenvalue weighted by Gasteiger charge is 2.37. The molecule has 2 N–H and O–H groups in total. The Balaban J connectivity index is 1.60. The summed E-state index contributed by atoms with van der Waals surface area (Å²) in [6, 6.07) is 1.21. The lowest BCUT2D eigenvalue weighted by atomic mass is 10.1. The minimum absolute atomic E-state index is 0.229. The minimum atomic E-state index is -4.78. The molecule has 1 aliphatic rings. The van der Waals surface area contributed by atoms with Crippen LogP contribution in [0.15, 0.2) is 24.7 Å². The molecule has 0 amide bonds. The average Bonchev–Trinajstić information content (AvgIpc) is 3.20. The Hall–Kier alpha value is -2.47. The van der Waals surface area contributed by atoms with Gasteiger partial charge < -0.3 is 4.90 Å². The summed E-state index contributed by atoms with van der Waals surface area (Å²) in [5.41, 5.74) is 0.574. The molecule has 1 unspecified atom stereocenters. The van der Waals surface area contributed by atoms with Crippen LogP contribution in [0.3, 0.4) is 0 Å². The van der Waals surface area contributed by atoms with E-state index in [2.05, 4.69) is 24.9 Å². The third-order valence-electron chi connectivity index (χ3n) is 4.38. The smallest absolute Gasteiger partial charge is 0.355 e. The van der Waals surface area contributed by atoms with Crippen LogP contribution in [0.4, 0.5) is 19.0 Å². The van der Waals surface area contributed by atoms with Gasteiger partial charge in [-0.2, -0.15) is 18.3 Å². The van der Waals surface area contributed by atoms with E-state index in [9.17, 15) is 21.6 Å². The number of anilines is 1. The Kier molecular flexibility index (Phi) is 4.18. The topological polar surface area (TPSA) is 104 Å². The van der Waals surface area contributed by atoms with Crippen LogP contribution < -0.4 is 9.62 Å². The highest BCUT2D eigenvalue weighted by Crippen LogP contribution is 2.31. The van der Waals surface area contributed by atoms with Gasteiger partial charge in [0.1, 0.15) is 5.82 Å². The number of nitrogens with one attached hydrogen (secondary N) is 2. The maximum Gasteiger partial charge on any atom is 0.404 e. The van der Waals surface area contributed by atoms with Crippen molar-refractivity contribution in [3.63, 3.8) is 0 Å². The summed E-state index contributed by atoms with van der Waals surface area (Å²) in [7, 11) is -4.44. The molecule has 4 heterocycles. The van der Waals surface area contributed by atoms with E-state index >= 15 is 0 Å². The fourth-order valence-corrected chi connectivity index (χ4v) is 4.57. The summed E-state index contributed by atoms with van der Waals surface area (Å²) in [4.78, 5) is 10.3. The predicted octanol–water partition coefficient (Wildman–Crippen LogP) is 1.57. The first-order valence-electron chi connectivity index (χ1n) is 8.10. The number of halogens is 3. The second-order valence-corrected chi connectivity index (χ2v) is 8.17. The molecule has 1 saturated heterocycles. The number of aromatic nitrogens is 4. The van der Waals surface area contributed by atoms with Crippen molar-refractivity contribution in [1.29, 1.82) is 0 Å². The molecule has 0 radical (unpaired) electrons. The number of alkyl halides is 3. The van der Waals surface area contributed by atoms with Gasteiger partial charge in [0.05, 0.1) is 6.20 Å². The molecule has 1 atom stereocenters. The third kappa shape index (κ3) is 3.67. The van der Waals surface area contributed by atoms with Gasteiger partial charge in [-0.05, 0) is 12.5 Å². The molecule has 3 aromatic rings. The van der Waals surface area contributed by atoms with Gasteiger partial charge in [-0.15, -0.1) is 0 Å². The SMILES string of the molecule is O=S(=O)(CC(F)(F)F)NC1CCN(c2[nH]ncc3cnc4nccc4c23)C1. The number of H-pyrrole nitrogens is 1. The second-order valence-electron chi connectivity index (χ2n) is 6.41. The van der Waals surface area contributed by atoms with Crippen molar-refractivity contribution in [2.75, 3.05) is 23.7 Å². The number of aromatic amines is 1. The van der Waals surface area contributed by atoms with Crippen molar-refractivity contribution in [3.8, 4) is 0 Å². The van der Waals surface area contributed by atoms with E-state index in [0.717, 1.165) is 16.2 Å². The molecule has 144 valence electrons. The molecule has 27 heavy (non-hydrogen) atoms. The van der Waals surface area contributed by atoms with Crippen LogP contribution in [0.25, 0.3) is 21.8 Å². The lowest BCUT2D eigenvalue weighted by molar-refractivity contribution is -0.106. The standard InChI is InChI=1S/C15H15F3N6O2S/c16-15(17,18)8-27(25,26)23-10-2-4-24(7-10)14-12-9(6-21-22-14)5-20-13-11(12)1-3-19-13/h1,3,5-6,10,22-23H,2,4,7-8H2. The summed E-state index contributed by atoms with van der Waals surface area (Å²) in [5.74, 6) is -1.23. The van der Waals surface area contributed by atoms with Crippen molar-refractivity contribution in [3.05, 3.63) is 24.7 Å². The van der Waals surface area contributed by atoms with Crippen molar-refractivity contribution in [1.82, 2.24) is 24.9 Å². The highest BCUT2D eigenvalue weighted by atomic mass is 32.2. The summed E-state index contributed by atoms with van der Waals surface area (Å²) in [6.45, 7) is 0.695. The van der Waals surface area contributed by atoms with Gasteiger partial charge in [-0.1, -0.05) is 0 Å². The Morgan fingerprint density at radius 1 is 1.30 bits per heavy atom. The maximum atomic E-state index is 12.4. The van der Waals surface area contributed by atoms with E-state index in [1.54, 1.807) is 18.6 Å². The van der Waals surface area contributed by atoms with Gasteiger partial charge in [-0.25, -0.2) is 23.1 Å². The zero-order valence-corrected chi connectivity index (χ0v) is 14.7. The van der Waals surface area contributed by atoms with Crippen LogP contribution >= 0.6 is 0 Å². The van der Waals surface area contributed by atoms with Crippen LogP contribution in [0.5, 0.6) is 0 Å². The number of fused-ring (bicyclic) bond motifs is 3. The van der Waals surface area contributed by atoms with Gasteiger partial charge in [0, 0.05) is 47.7 Å². The van der Waals surface area contributed by atoms with E-state index in [1.807, 2.05) is 11.0 Å². The van der Waals surface area contributed by atoms with E-state index < -0.39 is 28.0 Å². The summed E-state index contributed by atoms with van der Waals surface area (Å²) in [5, 5.41) is 9.45. The lowest BCUT2D eigenvalue weighted by Crippen LogP contribution is -2.41. The van der Waals surface area contributed by atoms with E-state index in [-0.39, 0.29) is 6.54 Å². The number of rotatable bonds is 4. The van der Waals surface area contributed by atoms with Crippen LogP contribution in [0.1, 0.15) is 6.42 Å². The Labute approximate surface area is 151 Å². The van der Waals surface area contributed by atoms with Crippen LogP contribution in [0.2, 0.25) is 0 Å². The van der Waals surface area contributed by atoms with Crippen LogP contribution in [-0.4, -0.2) is 59.6 Å². The van der Waals surface area contributed by atoms with Crippen molar-refractivity contribution in [2.45, 2.75) is 18.6 Å². The van der Waals surface area contributed by atoms with Crippen molar-refractivity contribution >= 4 is 37.6 Å². The van der Waals surface area contributed by atoms with Gasteiger partial charge >= 0.3 is 6.18 Å². The molecule has 12 heteroatoms. The number of nitrogens with zero attached hydrogens (tertiary/aromatic N) is 4. The summed E-state index contributed by atoms with van der Waals surface area (Å²) >= 11 is 0. The molecule has 0 aliphatic carbocycles. The molecule has 3 aromatic heterocycles. The fraction of sp³-hybridized carbons (Fsp3) is 0.400. The molecule has 1 aliphatic heterocycles. The predicted molar refractivity (Wildman–Crippen MR) is 92.8 cm³/mol. The Bertz CT molecular complexity index is 1100. The number of sulfonamides is 1. The lowest BCUT2D eigenvalue weighted by Gasteiger charge is -2.20. The van der Waals surface area contributed by atoms with E-state index in [1.165, 1.54) is 0 Å². The van der Waals surface area contributed by atoms with Gasteiger partial charge in [0.25, 0.3) is 0 Å². The second kappa shape index (κ2) is 6.30. The molecule has 0 saturated carbocycles. The summed E-state index contributed by atoms with van der Waals surface area (Å²) in [6.07, 6.45) is 0.515. The molecule has 8 nitrogen and oxygen atoms in total. The molecule has 0 aromatic carbocycles. The molecule has 0 spiro atoms.